The van der Waals surface area contributed by atoms with Gasteiger partial charge in [0.1, 0.15) is 5.82 Å². The summed E-state index contributed by atoms with van der Waals surface area (Å²) in [4.78, 5) is 17.6. The predicted octanol–water partition coefficient (Wildman–Crippen LogP) is 5.67. The summed E-state index contributed by atoms with van der Waals surface area (Å²) in [6.45, 7) is 4.86. The molecule has 1 amide bonds. The van der Waals surface area contributed by atoms with Gasteiger partial charge in [-0.2, -0.15) is 5.10 Å². The van der Waals surface area contributed by atoms with Crippen molar-refractivity contribution in [2.75, 3.05) is 37.7 Å². The molecule has 6 nitrogen and oxygen atoms in total. The average molecular weight is 529 g/mol. The molecule has 2 fully saturated rings. The molecule has 1 saturated heterocycles. The third-order valence-electron chi connectivity index (χ3n) is 7.56. The van der Waals surface area contributed by atoms with Crippen LogP contribution < -0.4 is 9.64 Å². The molecule has 0 bridgehead atoms. The normalized spacial score (nSPS) is 18.7. The van der Waals surface area contributed by atoms with E-state index < -0.39 is 5.82 Å². The largest absolute Gasteiger partial charge is 0.491 e. The minimum atomic E-state index is -0.433. The molecular formula is C31H30F2N4O2. The van der Waals surface area contributed by atoms with Gasteiger partial charge in [0.25, 0.3) is 0 Å². The molecule has 3 aromatic carbocycles. The molecule has 39 heavy (non-hydrogen) atoms. The molecule has 1 aromatic heterocycles. The fourth-order valence-electron chi connectivity index (χ4n) is 5.40. The zero-order chi connectivity index (χ0) is 26.9. The van der Waals surface area contributed by atoms with E-state index in [9.17, 15) is 13.6 Å². The van der Waals surface area contributed by atoms with Crippen molar-refractivity contribution in [3.63, 3.8) is 0 Å². The zero-order valence-corrected chi connectivity index (χ0v) is 21.8. The van der Waals surface area contributed by atoms with Crippen LogP contribution in [0.1, 0.15) is 24.8 Å². The number of hydrogen-bond acceptors (Lipinski definition) is 4. The summed E-state index contributed by atoms with van der Waals surface area (Å²) in [6, 6.07) is 21.2. The van der Waals surface area contributed by atoms with E-state index in [1.807, 2.05) is 54.4 Å². The number of aromatic nitrogens is 2. The number of halogens is 2. The standard InChI is InChI=1S/C31H30F2N4O2/c1-2-39-29-13-8-21(18-28(29)33)30-27(20-37(34-30)24-6-4-3-5-7-24)25-19-26(25)31(38)36-16-14-35(15-17-36)23-11-9-22(32)10-12-23/h3-13,18,20,25-26H,2,14-17,19H2,1H3. The van der Waals surface area contributed by atoms with Crippen molar-refractivity contribution in [3.05, 3.63) is 96.2 Å². The van der Waals surface area contributed by atoms with Crippen LogP contribution in [0.15, 0.2) is 79.0 Å². The van der Waals surface area contributed by atoms with Crippen molar-refractivity contribution >= 4 is 11.6 Å². The van der Waals surface area contributed by atoms with Gasteiger partial charge in [-0.15, -0.1) is 0 Å². The molecule has 0 spiro atoms. The van der Waals surface area contributed by atoms with Gasteiger partial charge in [-0.1, -0.05) is 18.2 Å². The Balaban J connectivity index is 1.21. The topological polar surface area (TPSA) is 50.6 Å². The van der Waals surface area contributed by atoms with E-state index in [0.717, 1.165) is 23.4 Å². The van der Waals surface area contributed by atoms with E-state index >= 15 is 0 Å². The molecule has 1 saturated carbocycles. The number of hydrogen-bond donors (Lipinski definition) is 0. The fraction of sp³-hybridized carbons (Fsp3) is 0.290. The van der Waals surface area contributed by atoms with E-state index in [0.29, 0.717) is 44.0 Å². The van der Waals surface area contributed by atoms with Crippen molar-refractivity contribution in [1.82, 2.24) is 14.7 Å². The van der Waals surface area contributed by atoms with Crippen molar-refractivity contribution in [1.29, 1.82) is 0 Å². The number of carbonyl (C=O) groups excluding carboxylic acids is 1. The van der Waals surface area contributed by atoms with Crippen LogP contribution in [0.25, 0.3) is 16.9 Å². The molecule has 8 heteroatoms. The van der Waals surface area contributed by atoms with Gasteiger partial charge in [-0.3, -0.25) is 4.79 Å². The average Bonchev–Trinajstić information content (AvgIpc) is 3.64. The Kier molecular flexibility index (Phi) is 6.77. The molecular weight excluding hydrogens is 498 g/mol. The first-order chi connectivity index (χ1) is 19.0. The van der Waals surface area contributed by atoms with E-state index in [1.165, 1.54) is 18.2 Å². The highest BCUT2D eigenvalue weighted by Gasteiger charge is 2.48. The molecule has 6 rings (SSSR count). The molecule has 2 heterocycles. The predicted molar refractivity (Wildman–Crippen MR) is 146 cm³/mol. The van der Waals surface area contributed by atoms with Crippen LogP contribution in [0.2, 0.25) is 0 Å². The Morgan fingerprint density at radius 2 is 1.69 bits per heavy atom. The maximum atomic E-state index is 14.8. The van der Waals surface area contributed by atoms with Gasteiger partial charge in [-0.25, -0.2) is 13.5 Å². The van der Waals surface area contributed by atoms with Crippen LogP contribution in [-0.4, -0.2) is 53.4 Å². The Labute approximate surface area is 226 Å². The van der Waals surface area contributed by atoms with Gasteiger partial charge < -0.3 is 14.5 Å². The van der Waals surface area contributed by atoms with Crippen molar-refractivity contribution in [2.24, 2.45) is 5.92 Å². The SMILES string of the molecule is CCOc1ccc(-c2nn(-c3ccccc3)cc2C2CC2C(=O)N2CCN(c3ccc(F)cc3)CC2)cc1F. The highest BCUT2D eigenvalue weighted by molar-refractivity contribution is 5.84. The lowest BCUT2D eigenvalue weighted by atomic mass is 10.0. The number of nitrogens with zero attached hydrogens (tertiary/aromatic N) is 4. The van der Waals surface area contributed by atoms with Gasteiger partial charge in [-0.05, 0) is 67.9 Å². The Morgan fingerprint density at radius 1 is 0.949 bits per heavy atom. The van der Waals surface area contributed by atoms with Crippen molar-refractivity contribution < 1.29 is 18.3 Å². The summed E-state index contributed by atoms with van der Waals surface area (Å²) in [5.74, 6) is -0.427. The number of carbonyl (C=O) groups is 1. The van der Waals surface area contributed by atoms with Gasteiger partial charge >= 0.3 is 0 Å². The smallest absolute Gasteiger partial charge is 0.226 e. The molecule has 2 aliphatic rings. The molecule has 1 aliphatic carbocycles. The second kappa shape index (κ2) is 10.5. The number of rotatable bonds is 7. The number of ether oxygens (including phenoxy) is 1. The summed E-state index contributed by atoms with van der Waals surface area (Å²) < 4.78 is 35.3. The molecule has 0 radical (unpaired) electrons. The first-order valence-corrected chi connectivity index (χ1v) is 13.4. The third kappa shape index (κ3) is 5.11. The van der Waals surface area contributed by atoms with Crippen molar-refractivity contribution in [3.8, 4) is 22.7 Å². The highest BCUT2D eigenvalue weighted by atomic mass is 19.1. The molecule has 200 valence electrons. The number of piperazine rings is 1. The molecule has 2 unspecified atom stereocenters. The van der Waals surface area contributed by atoms with E-state index in [-0.39, 0.29) is 29.3 Å². The first kappa shape index (κ1) is 25.1. The van der Waals surface area contributed by atoms with Gasteiger partial charge in [0.15, 0.2) is 11.6 Å². The maximum absolute atomic E-state index is 14.8. The zero-order valence-electron chi connectivity index (χ0n) is 21.8. The summed E-state index contributed by atoms with van der Waals surface area (Å²) in [5.41, 5.74) is 4.16. The summed E-state index contributed by atoms with van der Waals surface area (Å²) in [6.07, 6.45) is 2.72. The van der Waals surface area contributed by atoms with Gasteiger partial charge in [0, 0.05) is 61.0 Å². The summed E-state index contributed by atoms with van der Waals surface area (Å²) >= 11 is 0. The minimum absolute atomic E-state index is 0.0229. The number of benzene rings is 3. The van der Waals surface area contributed by atoms with Crippen LogP contribution >= 0.6 is 0 Å². The van der Waals surface area contributed by atoms with Crippen LogP contribution in [0.4, 0.5) is 14.5 Å². The number of amides is 1. The van der Waals surface area contributed by atoms with E-state index in [1.54, 1.807) is 22.9 Å². The second-order valence-corrected chi connectivity index (χ2v) is 10.0. The lowest BCUT2D eigenvalue weighted by Crippen LogP contribution is -2.49. The molecule has 0 N–H and O–H groups in total. The van der Waals surface area contributed by atoms with Crippen LogP contribution in [0.3, 0.4) is 0 Å². The number of para-hydroxylation sites is 1. The fourth-order valence-corrected chi connectivity index (χ4v) is 5.40. The van der Waals surface area contributed by atoms with E-state index in [2.05, 4.69) is 4.90 Å². The lowest BCUT2D eigenvalue weighted by molar-refractivity contribution is -0.132. The maximum Gasteiger partial charge on any atom is 0.226 e. The Hall–Kier alpha value is -4.20. The third-order valence-corrected chi connectivity index (χ3v) is 7.56. The highest BCUT2D eigenvalue weighted by Crippen LogP contribution is 2.51. The Bertz CT molecular complexity index is 1460. The van der Waals surface area contributed by atoms with Crippen LogP contribution in [0.5, 0.6) is 5.75 Å². The lowest BCUT2D eigenvalue weighted by Gasteiger charge is -2.36. The van der Waals surface area contributed by atoms with Gasteiger partial charge in [0.05, 0.1) is 18.0 Å². The quantitative estimate of drug-likeness (QED) is 0.310. The van der Waals surface area contributed by atoms with Gasteiger partial charge in [0.2, 0.25) is 5.91 Å². The summed E-state index contributed by atoms with van der Waals surface area (Å²) in [7, 11) is 0. The minimum Gasteiger partial charge on any atom is -0.491 e. The Morgan fingerprint density at radius 3 is 2.38 bits per heavy atom. The molecule has 4 aromatic rings. The van der Waals surface area contributed by atoms with Crippen LogP contribution in [-0.2, 0) is 4.79 Å². The van der Waals surface area contributed by atoms with Crippen LogP contribution in [0, 0.1) is 17.6 Å². The molecule has 2 atom stereocenters. The molecule has 1 aliphatic heterocycles. The second-order valence-electron chi connectivity index (χ2n) is 10.0. The monoisotopic (exact) mass is 528 g/mol. The van der Waals surface area contributed by atoms with Crippen molar-refractivity contribution in [2.45, 2.75) is 19.3 Å². The number of anilines is 1. The summed E-state index contributed by atoms with van der Waals surface area (Å²) in [5, 5.41) is 4.84. The first-order valence-electron chi connectivity index (χ1n) is 13.4. The van der Waals surface area contributed by atoms with E-state index in [4.69, 9.17) is 9.84 Å².